The van der Waals surface area contributed by atoms with E-state index >= 15 is 0 Å². The lowest BCUT2D eigenvalue weighted by molar-refractivity contribution is 0.100. The van der Waals surface area contributed by atoms with Crippen LogP contribution in [0, 0.1) is 5.82 Å². The molecule has 100 valence electrons. The van der Waals surface area contributed by atoms with Crippen molar-refractivity contribution >= 4 is 17.3 Å². The number of benzene rings is 1. The SMILES string of the molecule is CCN(CCOC)c1cc(C(N)=O)c(N)cc1F. The van der Waals surface area contributed by atoms with Crippen molar-refractivity contribution in [1.29, 1.82) is 0 Å². The number of methoxy groups -OCH3 is 1. The van der Waals surface area contributed by atoms with Crippen molar-refractivity contribution < 1.29 is 13.9 Å². The van der Waals surface area contributed by atoms with Crippen LogP contribution in [-0.4, -0.2) is 32.7 Å². The van der Waals surface area contributed by atoms with Crippen molar-refractivity contribution in [3.8, 4) is 0 Å². The predicted octanol–water partition coefficient (Wildman–Crippen LogP) is 0.980. The zero-order valence-electron chi connectivity index (χ0n) is 10.6. The summed E-state index contributed by atoms with van der Waals surface area (Å²) in [5, 5.41) is 0. The Morgan fingerprint density at radius 2 is 2.17 bits per heavy atom. The smallest absolute Gasteiger partial charge is 0.250 e. The molecule has 1 rings (SSSR count). The monoisotopic (exact) mass is 255 g/mol. The van der Waals surface area contributed by atoms with Crippen LogP contribution in [0.4, 0.5) is 15.8 Å². The number of rotatable bonds is 6. The van der Waals surface area contributed by atoms with E-state index in [9.17, 15) is 9.18 Å². The molecular formula is C12H18FN3O2. The van der Waals surface area contributed by atoms with Crippen molar-refractivity contribution in [1.82, 2.24) is 0 Å². The molecule has 0 unspecified atom stereocenters. The third-order valence-corrected chi connectivity index (χ3v) is 2.67. The molecule has 0 atom stereocenters. The Morgan fingerprint density at radius 3 is 2.67 bits per heavy atom. The Bertz CT molecular complexity index is 438. The normalized spacial score (nSPS) is 10.4. The molecule has 0 fully saturated rings. The van der Waals surface area contributed by atoms with Gasteiger partial charge in [-0.25, -0.2) is 4.39 Å². The molecule has 1 amide bonds. The maximum absolute atomic E-state index is 13.8. The van der Waals surface area contributed by atoms with Gasteiger partial charge in [0.25, 0.3) is 5.91 Å². The van der Waals surface area contributed by atoms with Crippen molar-refractivity contribution in [3.63, 3.8) is 0 Å². The summed E-state index contributed by atoms with van der Waals surface area (Å²) < 4.78 is 18.8. The molecule has 0 aromatic heterocycles. The number of primary amides is 1. The van der Waals surface area contributed by atoms with Crippen LogP contribution in [0.3, 0.4) is 0 Å². The number of hydrogen-bond acceptors (Lipinski definition) is 4. The van der Waals surface area contributed by atoms with Gasteiger partial charge in [0.2, 0.25) is 0 Å². The number of nitrogens with zero attached hydrogens (tertiary/aromatic N) is 1. The quantitative estimate of drug-likeness (QED) is 0.742. The molecule has 5 nitrogen and oxygen atoms in total. The van der Waals surface area contributed by atoms with E-state index in [2.05, 4.69) is 0 Å². The van der Waals surface area contributed by atoms with E-state index in [1.807, 2.05) is 6.92 Å². The molecule has 0 radical (unpaired) electrons. The summed E-state index contributed by atoms with van der Waals surface area (Å²) in [6.07, 6.45) is 0. The van der Waals surface area contributed by atoms with Crippen molar-refractivity contribution in [2.45, 2.75) is 6.92 Å². The first-order valence-electron chi connectivity index (χ1n) is 5.64. The maximum atomic E-state index is 13.8. The van der Waals surface area contributed by atoms with E-state index in [0.717, 1.165) is 6.07 Å². The number of nitrogen functional groups attached to an aromatic ring is 1. The molecule has 0 aliphatic rings. The molecule has 18 heavy (non-hydrogen) atoms. The van der Waals surface area contributed by atoms with Gasteiger partial charge in [0, 0.05) is 25.9 Å². The second-order valence-corrected chi connectivity index (χ2v) is 3.83. The first kappa shape index (κ1) is 14.2. The van der Waals surface area contributed by atoms with Gasteiger partial charge >= 0.3 is 0 Å². The fourth-order valence-electron chi connectivity index (χ4n) is 1.68. The maximum Gasteiger partial charge on any atom is 0.250 e. The molecule has 4 N–H and O–H groups in total. The van der Waals surface area contributed by atoms with Crippen LogP contribution in [-0.2, 0) is 4.74 Å². The largest absolute Gasteiger partial charge is 0.398 e. The molecule has 0 aliphatic heterocycles. The van der Waals surface area contributed by atoms with E-state index in [4.69, 9.17) is 16.2 Å². The summed E-state index contributed by atoms with van der Waals surface area (Å²) in [6, 6.07) is 2.50. The molecule has 0 saturated carbocycles. The first-order valence-corrected chi connectivity index (χ1v) is 5.64. The average Bonchev–Trinajstić information content (AvgIpc) is 2.31. The minimum Gasteiger partial charge on any atom is -0.398 e. The van der Waals surface area contributed by atoms with Crippen LogP contribution in [0.1, 0.15) is 17.3 Å². The Hall–Kier alpha value is -1.82. The fourth-order valence-corrected chi connectivity index (χ4v) is 1.68. The fraction of sp³-hybridized carbons (Fsp3) is 0.417. The van der Waals surface area contributed by atoms with Gasteiger partial charge in [-0.1, -0.05) is 0 Å². The summed E-state index contributed by atoms with van der Waals surface area (Å²) in [5.74, 6) is -1.15. The minimum atomic E-state index is -0.670. The van der Waals surface area contributed by atoms with Gasteiger partial charge in [0.15, 0.2) is 0 Å². The van der Waals surface area contributed by atoms with Crippen LogP contribution in [0.15, 0.2) is 12.1 Å². The molecule has 1 aromatic carbocycles. The lowest BCUT2D eigenvalue weighted by Gasteiger charge is -2.24. The highest BCUT2D eigenvalue weighted by Crippen LogP contribution is 2.25. The van der Waals surface area contributed by atoms with Gasteiger partial charge in [0.1, 0.15) is 5.82 Å². The highest BCUT2D eigenvalue weighted by Gasteiger charge is 2.15. The second-order valence-electron chi connectivity index (χ2n) is 3.83. The van der Waals surface area contributed by atoms with Gasteiger partial charge in [0.05, 0.1) is 17.9 Å². The number of halogens is 1. The highest BCUT2D eigenvalue weighted by molar-refractivity contribution is 5.99. The Balaban J connectivity index is 3.13. The van der Waals surface area contributed by atoms with Crippen LogP contribution in [0.25, 0.3) is 0 Å². The van der Waals surface area contributed by atoms with E-state index in [1.54, 1.807) is 12.0 Å². The van der Waals surface area contributed by atoms with Gasteiger partial charge in [-0.05, 0) is 19.1 Å². The molecule has 0 aliphatic carbocycles. The standard InChI is InChI=1S/C12H18FN3O2/c1-3-16(4-5-18-2)11-6-8(12(15)17)10(14)7-9(11)13/h6-7H,3-5,14H2,1-2H3,(H2,15,17). The summed E-state index contributed by atoms with van der Waals surface area (Å²) in [5.41, 5.74) is 11.2. The number of hydrogen-bond donors (Lipinski definition) is 2. The van der Waals surface area contributed by atoms with Crippen LogP contribution >= 0.6 is 0 Å². The zero-order chi connectivity index (χ0) is 13.7. The van der Waals surface area contributed by atoms with E-state index in [0.29, 0.717) is 25.4 Å². The summed E-state index contributed by atoms with van der Waals surface area (Å²) in [6.45, 7) is 3.45. The Labute approximate surface area is 106 Å². The van der Waals surface area contributed by atoms with Gasteiger partial charge in [-0.3, -0.25) is 4.79 Å². The van der Waals surface area contributed by atoms with Crippen molar-refractivity contribution in [3.05, 3.63) is 23.5 Å². The van der Waals surface area contributed by atoms with Gasteiger partial charge in [-0.2, -0.15) is 0 Å². The van der Waals surface area contributed by atoms with Crippen LogP contribution in [0.5, 0.6) is 0 Å². The number of anilines is 2. The number of ether oxygens (including phenoxy) is 1. The topological polar surface area (TPSA) is 81.6 Å². The van der Waals surface area contributed by atoms with Gasteiger partial charge in [-0.15, -0.1) is 0 Å². The predicted molar refractivity (Wildman–Crippen MR) is 69.1 cm³/mol. The molecule has 0 saturated heterocycles. The Morgan fingerprint density at radius 1 is 1.50 bits per heavy atom. The van der Waals surface area contributed by atoms with E-state index < -0.39 is 11.7 Å². The summed E-state index contributed by atoms with van der Waals surface area (Å²) >= 11 is 0. The average molecular weight is 255 g/mol. The van der Waals surface area contributed by atoms with Crippen LogP contribution in [0.2, 0.25) is 0 Å². The molecule has 1 aromatic rings. The lowest BCUT2D eigenvalue weighted by atomic mass is 10.1. The minimum absolute atomic E-state index is 0.0477. The molecular weight excluding hydrogens is 237 g/mol. The third kappa shape index (κ3) is 3.10. The third-order valence-electron chi connectivity index (χ3n) is 2.67. The molecule has 0 heterocycles. The van der Waals surface area contributed by atoms with Gasteiger partial charge < -0.3 is 21.1 Å². The number of amides is 1. The van der Waals surface area contributed by atoms with Crippen molar-refractivity contribution in [2.75, 3.05) is 37.4 Å². The second kappa shape index (κ2) is 6.20. The lowest BCUT2D eigenvalue weighted by Crippen LogP contribution is -2.28. The number of nitrogens with two attached hydrogens (primary N) is 2. The van der Waals surface area contributed by atoms with Crippen molar-refractivity contribution in [2.24, 2.45) is 5.73 Å². The zero-order valence-corrected chi connectivity index (χ0v) is 10.6. The number of likely N-dealkylation sites (N-methyl/N-ethyl adjacent to an activating group) is 1. The molecule has 0 bridgehead atoms. The highest BCUT2D eigenvalue weighted by atomic mass is 19.1. The molecule has 0 spiro atoms. The summed E-state index contributed by atoms with van der Waals surface area (Å²) in [4.78, 5) is 12.9. The summed E-state index contributed by atoms with van der Waals surface area (Å²) in [7, 11) is 1.57. The Kier molecular flexibility index (Phi) is 4.91. The first-order chi connectivity index (χ1) is 8.51. The van der Waals surface area contributed by atoms with E-state index in [1.165, 1.54) is 6.07 Å². The van der Waals surface area contributed by atoms with E-state index in [-0.39, 0.29) is 11.3 Å². The van der Waals surface area contributed by atoms with Crippen LogP contribution < -0.4 is 16.4 Å². The number of carbonyl (C=O) groups excluding carboxylic acids is 1. The number of carbonyl (C=O) groups is 1. The molecule has 6 heteroatoms.